The topological polar surface area (TPSA) is 33.1 Å². The lowest BCUT2D eigenvalue weighted by atomic mass is 9.93. The third-order valence-electron chi connectivity index (χ3n) is 4.37. The molecule has 5 heteroatoms. The van der Waals surface area contributed by atoms with Crippen molar-refractivity contribution in [3.05, 3.63) is 15.9 Å². The predicted molar refractivity (Wildman–Crippen MR) is 75.4 cm³/mol. The SMILES string of the molecule is Cc1nn(C)c(CN2CCC3NCCC3C2)c1Br. The zero-order valence-corrected chi connectivity index (χ0v) is 12.7. The van der Waals surface area contributed by atoms with E-state index in [1.54, 1.807) is 0 Å². The van der Waals surface area contributed by atoms with Crippen LogP contribution >= 0.6 is 15.9 Å². The zero-order valence-electron chi connectivity index (χ0n) is 11.1. The van der Waals surface area contributed by atoms with E-state index in [9.17, 15) is 0 Å². The van der Waals surface area contributed by atoms with Crippen LogP contribution in [0.15, 0.2) is 4.47 Å². The number of likely N-dealkylation sites (tertiary alicyclic amines) is 1. The van der Waals surface area contributed by atoms with Crippen molar-refractivity contribution in [2.75, 3.05) is 19.6 Å². The van der Waals surface area contributed by atoms with E-state index in [1.807, 2.05) is 11.7 Å². The van der Waals surface area contributed by atoms with Crippen molar-refractivity contribution in [2.45, 2.75) is 32.4 Å². The number of fused-ring (bicyclic) bond motifs is 1. The van der Waals surface area contributed by atoms with Gasteiger partial charge in [-0.15, -0.1) is 0 Å². The molecule has 3 rings (SSSR count). The van der Waals surface area contributed by atoms with Crippen molar-refractivity contribution in [2.24, 2.45) is 13.0 Å². The third-order valence-corrected chi connectivity index (χ3v) is 5.41. The highest BCUT2D eigenvalue weighted by Crippen LogP contribution is 2.27. The van der Waals surface area contributed by atoms with Gasteiger partial charge in [0.25, 0.3) is 0 Å². The molecule has 0 aromatic carbocycles. The summed E-state index contributed by atoms with van der Waals surface area (Å²) in [6.07, 6.45) is 2.63. The first-order valence-electron chi connectivity index (χ1n) is 6.79. The van der Waals surface area contributed by atoms with Crippen LogP contribution < -0.4 is 5.32 Å². The normalized spacial score (nSPS) is 28.6. The predicted octanol–water partition coefficient (Wildman–Crippen LogP) is 1.67. The van der Waals surface area contributed by atoms with Gasteiger partial charge >= 0.3 is 0 Å². The minimum absolute atomic E-state index is 0.776. The van der Waals surface area contributed by atoms with Crippen LogP contribution in [0.4, 0.5) is 0 Å². The van der Waals surface area contributed by atoms with E-state index in [2.05, 4.69) is 38.2 Å². The highest BCUT2D eigenvalue weighted by Gasteiger charge is 2.32. The zero-order chi connectivity index (χ0) is 12.7. The number of hydrogen-bond donors (Lipinski definition) is 1. The molecule has 1 N–H and O–H groups in total. The monoisotopic (exact) mass is 312 g/mol. The first kappa shape index (κ1) is 12.6. The van der Waals surface area contributed by atoms with Crippen molar-refractivity contribution in [3.8, 4) is 0 Å². The number of rotatable bonds is 2. The molecule has 1 aromatic rings. The van der Waals surface area contributed by atoms with Gasteiger partial charge < -0.3 is 5.32 Å². The summed E-state index contributed by atoms with van der Waals surface area (Å²) in [6, 6.07) is 0.776. The minimum atomic E-state index is 0.776. The lowest BCUT2D eigenvalue weighted by molar-refractivity contribution is 0.152. The molecule has 100 valence electrons. The van der Waals surface area contributed by atoms with Gasteiger partial charge in [-0.3, -0.25) is 9.58 Å². The molecule has 4 nitrogen and oxygen atoms in total. The van der Waals surface area contributed by atoms with Gasteiger partial charge in [-0.1, -0.05) is 0 Å². The Bertz CT molecular complexity index is 442. The lowest BCUT2D eigenvalue weighted by Crippen LogP contribution is -2.44. The molecule has 2 aliphatic rings. The molecule has 0 spiro atoms. The molecule has 3 heterocycles. The smallest absolute Gasteiger partial charge is 0.0739 e. The Labute approximate surface area is 117 Å². The maximum absolute atomic E-state index is 4.47. The van der Waals surface area contributed by atoms with Crippen LogP contribution in [-0.4, -0.2) is 40.4 Å². The van der Waals surface area contributed by atoms with Crippen LogP contribution in [-0.2, 0) is 13.6 Å². The Kier molecular flexibility index (Phi) is 3.47. The van der Waals surface area contributed by atoms with E-state index in [1.165, 1.54) is 42.6 Å². The van der Waals surface area contributed by atoms with Crippen molar-refractivity contribution in [1.29, 1.82) is 0 Å². The van der Waals surface area contributed by atoms with Gasteiger partial charge in [0.1, 0.15) is 0 Å². The van der Waals surface area contributed by atoms with Crippen molar-refractivity contribution >= 4 is 15.9 Å². The summed E-state index contributed by atoms with van der Waals surface area (Å²) in [5.74, 6) is 0.854. The Morgan fingerprint density at radius 2 is 2.28 bits per heavy atom. The Hall–Kier alpha value is -0.390. The second-order valence-electron chi connectivity index (χ2n) is 5.60. The molecule has 2 unspecified atom stereocenters. The number of nitrogens with zero attached hydrogens (tertiary/aromatic N) is 3. The molecule has 2 atom stereocenters. The van der Waals surface area contributed by atoms with Crippen molar-refractivity contribution < 1.29 is 0 Å². The van der Waals surface area contributed by atoms with Gasteiger partial charge in [-0.25, -0.2) is 0 Å². The first-order chi connectivity index (χ1) is 8.65. The van der Waals surface area contributed by atoms with Gasteiger partial charge in [-0.2, -0.15) is 5.10 Å². The van der Waals surface area contributed by atoms with E-state index in [-0.39, 0.29) is 0 Å². The van der Waals surface area contributed by atoms with Crippen LogP contribution in [0.2, 0.25) is 0 Å². The number of aromatic nitrogens is 2. The summed E-state index contributed by atoms with van der Waals surface area (Å²) in [4.78, 5) is 2.58. The Morgan fingerprint density at radius 3 is 3.00 bits per heavy atom. The van der Waals surface area contributed by atoms with Crippen LogP contribution in [0.25, 0.3) is 0 Å². The maximum atomic E-state index is 4.47. The molecule has 0 aliphatic carbocycles. The molecule has 0 radical (unpaired) electrons. The van der Waals surface area contributed by atoms with Crippen LogP contribution in [0.1, 0.15) is 24.2 Å². The molecule has 2 fully saturated rings. The Balaban J connectivity index is 1.69. The minimum Gasteiger partial charge on any atom is -0.314 e. The summed E-state index contributed by atoms with van der Waals surface area (Å²) in [5.41, 5.74) is 2.39. The molecular weight excluding hydrogens is 292 g/mol. The third kappa shape index (κ3) is 2.24. The van der Waals surface area contributed by atoms with Crippen LogP contribution in [0, 0.1) is 12.8 Å². The molecule has 0 amide bonds. The van der Waals surface area contributed by atoms with E-state index in [0.29, 0.717) is 0 Å². The molecule has 2 saturated heterocycles. The van der Waals surface area contributed by atoms with Gasteiger partial charge in [0.15, 0.2) is 0 Å². The largest absolute Gasteiger partial charge is 0.314 e. The highest BCUT2D eigenvalue weighted by atomic mass is 79.9. The fourth-order valence-electron chi connectivity index (χ4n) is 3.33. The van der Waals surface area contributed by atoms with Gasteiger partial charge in [-0.05, 0) is 48.2 Å². The summed E-state index contributed by atoms with van der Waals surface area (Å²) in [5, 5.41) is 8.09. The lowest BCUT2D eigenvalue weighted by Gasteiger charge is -2.34. The first-order valence-corrected chi connectivity index (χ1v) is 7.58. The van der Waals surface area contributed by atoms with E-state index in [4.69, 9.17) is 0 Å². The standard InChI is InChI=1S/C13H21BrN4/c1-9-13(14)12(17(2)16-9)8-18-6-4-11-10(7-18)3-5-15-11/h10-11,15H,3-8H2,1-2H3. The highest BCUT2D eigenvalue weighted by molar-refractivity contribution is 9.10. The maximum Gasteiger partial charge on any atom is 0.0739 e. The average molecular weight is 313 g/mol. The summed E-state index contributed by atoms with van der Waals surface area (Å²) in [7, 11) is 2.04. The summed E-state index contributed by atoms with van der Waals surface area (Å²) in [6.45, 7) is 6.71. The fourth-order valence-corrected chi connectivity index (χ4v) is 3.79. The summed E-state index contributed by atoms with van der Waals surface area (Å²) >= 11 is 3.66. The van der Waals surface area contributed by atoms with E-state index < -0.39 is 0 Å². The van der Waals surface area contributed by atoms with Gasteiger partial charge in [0.05, 0.1) is 15.9 Å². The number of hydrogen-bond acceptors (Lipinski definition) is 3. The van der Waals surface area contributed by atoms with Crippen LogP contribution in [0.5, 0.6) is 0 Å². The van der Waals surface area contributed by atoms with E-state index >= 15 is 0 Å². The molecular formula is C13H21BrN4. The summed E-state index contributed by atoms with van der Waals surface area (Å²) < 4.78 is 3.19. The number of halogens is 1. The number of nitrogens with one attached hydrogen (secondary N) is 1. The second-order valence-corrected chi connectivity index (χ2v) is 6.40. The van der Waals surface area contributed by atoms with Crippen molar-refractivity contribution in [3.63, 3.8) is 0 Å². The quantitative estimate of drug-likeness (QED) is 0.902. The molecule has 1 aromatic heterocycles. The Morgan fingerprint density at radius 1 is 1.44 bits per heavy atom. The molecule has 18 heavy (non-hydrogen) atoms. The van der Waals surface area contributed by atoms with Crippen LogP contribution in [0.3, 0.4) is 0 Å². The fraction of sp³-hybridized carbons (Fsp3) is 0.769. The number of piperidine rings is 1. The van der Waals surface area contributed by atoms with Gasteiger partial charge in [0, 0.05) is 32.7 Å². The number of aryl methyl sites for hydroxylation is 2. The molecule has 2 aliphatic heterocycles. The van der Waals surface area contributed by atoms with E-state index in [0.717, 1.165) is 24.2 Å². The average Bonchev–Trinajstić information content (AvgIpc) is 2.89. The van der Waals surface area contributed by atoms with Crippen molar-refractivity contribution in [1.82, 2.24) is 20.0 Å². The molecule has 0 bridgehead atoms. The molecule has 0 saturated carbocycles. The second kappa shape index (κ2) is 4.94. The van der Waals surface area contributed by atoms with Gasteiger partial charge in [0.2, 0.25) is 0 Å².